The average Bonchev–Trinajstić information content (AvgIpc) is 2.64. The third-order valence-electron chi connectivity index (χ3n) is 4.73. The molecule has 0 saturated heterocycles. The first-order chi connectivity index (χ1) is 13.6. The van der Waals surface area contributed by atoms with E-state index in [0.29, 0.717) is 5.56 Å². The van der Waals surface area contributed by atoms with E-state index in [-0.39, 0.29) is 18.1 Å². The maximum atomic E-state index is 12.3. The van der Waals surface area contributed by atoms with Crippen LogP contribution in [-0.4, -0.2) is 34.6 Å². The van der Waals surface area contributed by atoms with Crippen LogP contribution in [0.15, 0.2) is 30.3 Å². The van der Waals surface area contributed by atoms with Crippen molar-refractivity contribution in [2.75, 3.05) is 6.54 Å². The van der Waals surface area contributed by atoms with Crippen LogP contribution in [0.1, 0.15) is 58.4 Å². The Morgan fingerprint density at radius 1 is 1.21 bits per heavy atom. The topological polar surface area (TPSA) is 111 Å². The van der Waals surface area contributed by atoms with Crippen LogP contribution in [0.3, 0.4) is 0 Å². The number of nitrogens with zero attached hydrogens (tertiary/aromatic N) is 1. The fourth-order valence-corrected chi connectivity index (χ4v) is 3.37. The highest BCUT2D eigenvalue weighted by atomic mass is 16.6. The first-order valence-corrected chi connectivity index (χ1v) is 9.81. The third-order valence-corrected chi connectivity index (χ3v) is 4.73. The van der Waals surface area contributed by atoms with E-state index in [0.717, 1.165) is 32.1 Å². The first kappa shape index (κ1) is 22.4. The molecule has 1 aliphatic carbocycles. The van der Waals surface area contributed by atoms with Crippen LogP contribution in [0.25, 0.3) is 6.08 Å². The summed E-state index contributed by atoms with van der Waals surface area (Å²) in [7, 11) is 0. The lowest BCUT2D eigenvalue weighted by Crippen LogP contribution is -2.57. The predicted molar refractivity (Wildman–Crippen MR) is 110 cm³/mol. The van der Waals surface area contributed by atoms with E-state index in [1.54, 1.807) is 39.0 Å². The predicted octanol–water partition coefficient (Wildman–Crippen LogP) is 3.95. The van der Waals surface area contributed by atoms with Gasteiger partial charge >= 0.3 is 6.09 Å². The van der Waals surface area contributed by atoms with Gasteiger partial charge in [-0.1, -0.05) is 31.4 Å². The second-order valence-electron chi connectivity index (χ2n) is 8.33. The zero-order valence-electron chi connectivity index (χ0n) is 17.2. The Morgan fingerprint density at radius 3 is 2.48 bits per heavy atom. The van der Waals surface area contributed by atoms with Gasteiger partial charge < -0.3 is 15.4 Å². The SMILES string of the molecule is CC(C)(C)OC(=O)NC1(CNC(=O)C=Cc2ccccc2[N+](=O)[O-])CCCCC1. The highest BCUT2D eigenvalue weighted by Gasteiger charge is 2.35. The van der Waals surface area contributed by atoms with Crippen molar-refractivity contribution in [1.82, 2.24) is 10.6 Å². The molecule has 0 aromatic heterocycles. The second kappa shape index (κ2) is 9.54. The van der Waals surface area contributed by atoms with E-state index in [9.17, 15) is 19.7 Å². The summed E-state index contributed by atoms with van der Waals surface area (Å²) in [6.07, 6.45) is 6.69. The summed E-state index contributed by atoms with van der Waals surface area (Å²) >= 11 is 0. The van der Waals surface area contributed by atoms with Gasteiger partial charge in [-0.05, 0) is 45.8 Å². The first-order valence-electron chi connectivity index (χ1n) is 9.81. The van der Waals surface area contributed by atoms with Gasteiger partial charge in [0, 0.05) is 18.7 Å². The van der Waals surface area contributed by atoms with Crippen molar-refractivity contribution in [3.05, 3.63) is 46.0 Å². The Morgan fingerprint density at radius 2 is 1.86 bits per heavy atom. The quantitative estimate of drug-likeness (QED) is 0.424. The number of benzene rings is 1. The Labute approximate surface area is 170 Å². The molecule has 2 amide bonds. The second-order valence-corrected chi connectivity index (χ2v) is 8.33. The number of para-hydroxylation sites is 1. The van der Waals surface area contributed by atoms with Crippen molar-refractivity contribution in [3.8, 4) is 0 Å². The van der Waals surface area contributed by atoms with E-state index in [1.165, 1.54) is 18.2 Å². The molecule has 1 aromatic rings. The number of amides is 2. The molecule has 1 aromatic carbocycles. The van der Waals surface area contributed by atoms with Gasteiger partial charge in [0.15, 0.2) is 0 Å². The van der Waals surface area contributed by atoms with Crippen LogP contribution < -0.4 is 10.6 Å². The van der Waals surface area contributed by atoms with Crippen molar-refractivity contribution in [1.29, 1.82) is 0 Å². The molecule has 8 nitrogen and oxygen atoms in total. The number of hydrogen-bond acceptors (Lipinski definition) is 5. The van der Waals surface area contributed by atoms with Crippen molar-refractivity contribution in [2.45, 2.75) is 64.0 Å². The maximum absolute atomic E-state index is 12.3. The largest absolute Gasteiger partial charge is 0.444 e. The number of hydrogen-bond donors (Lipinski definition) is 2. The van der Waals surface area contributed by atoms with Crippen molar-refractivity contribution in [3.63, 3.8) is 0 Å². The van der Waals surface area contributed by atoms with Crippen LogP contribution in [0, 0.1) is 10.1 Å². The molecular formula is C21H29N3O5. The van der Waals surface area contributed by atoms with Gasteiger partial charge in [-0.3, -0.25) is 14.9 Å². The number of carbonyl (C=O) groups excluding carboxylic acids is 2. The van der Waals surface area contributed by atoms with Gasteiger partial charge in [-0.2, -0.15) is 0 Å². The molecule has 0 bridgehead atoms. The maximum Gasteiger partial charge on any atom is 0.408 e. The summed E-state index contributed by atoms with van der Waals surface area (Å²) in [6.45, 7) is 5.67. The Balaban J connectivity index is 2.01. The standard InChI is InChI=1S/C21H29N3O5/c1-20(2,3)29-19(26)23-21(13-7-4-8-14-21)15-22-18(25)12-11-16-9-5-6-10-17(16)24(27)28/h5-6,9-12H,4,7-8,13-15H2,1-3H3,(H,22,25)(H,23,26). The van der Waals surface area contributed by atoms with Gasteiger partial charge in [0.1, 0.15) is 5.60 Å². The molecule has 158 valence electrons. The van der Waals surface area contributed by atoms with E-state index >= 15 is 0 Å². The zero-order valence-corrected chi connectivity index (χ0v) is 17.2. The normalized spacial score (nSPS) is 16.2. The summed E-state index contributed by atoms with van der Waals surface area (Å²) in [5, 5.41) is 16.8. The molecule has 0 spiro atoms. The summed E-state index contributed by atoms with van der Waals surface area (Å²) < 4.78 is 5.37. The van der Waals surface area contributed by atoms with Crippen LogP contribution in [-0.2, 0) is 9.53 Å². The molecule has 2 rings (SSSR count). The molecule has 0 radical (unpaired) electrons. The van der Waals surface area contributed by atoms with E-state index in [2.05, 4.69) is 10.6 Å². The molecule has 1 saturated carbocycles. The minimum atomic E-state index is -0.601. The molecule has 1 fully saturated rings. The van der Waals surface area contributed by atoms with Gasteiger partial charge in [0.25, 0.3) is 5.69 Å². The van der Waals surface area contributed by atoms with Gasteiger partial charge in [-0.25, -0.2) is 4.79 Å². The highest BCUT2D eigenvalue weighted by molar-refractivity contribution is 5.92. The Hall–Kier alpha value is -2.90. The van der Waals surface area contributed by atoms with Gasteiger partial charge in [0.05, 0.1) is 16.0 Å². The third kappa shape index (κ3) is 7.21. The van der Waals surface area contributed by atoms with Crippen molar-refractivity contribution >= 4 is 23.8 Å². The number of carbonyl (C=O) groups is 2. The lowest BCUT2D eigenvalue weighted by atomic mass is 9.81. The van der Waals surface area contributed by atoms with Crippen LogP contribution in [0.2, 0.25) is 0 Å². The summed E-state index contributed by atoms with van der Waals surface area (Å²) in [6, 6.07) is 6.21. The van der Waals surface area contributed by atoms with E-state index in [4.69, 9.17) is 4.74 Å². The van der Waals surface area contributed by atoms with Gasteiger partial charge in [0.2, 0.25) is 5.91 Å². The molecule has 8 heteroatoms. The number of ether oxygens (including phenoxy) is 1. The lowest BCUT2D eigenvalue weighted by molar-refractivity contribution is -0.385. The summed E-state index contributed by atoms with van der Waals surface area (Å²) in [4.78, 5) is 35.1. The molecule has 2 N–H and O–H groups in total. The lowest BCUT2D eigenvalue weighted by Gasteiger charge is -2.38. The zero-order chi connectivity index (χ0) is 21.5. The fourth-order valence-electron chi connectivity index (χ4n) is 3.37. The Kier molecular flexibility index (Phi) is 7.36. The summed E-state index contributed by atoms with van der Waals surface area (Å²) in [5.74, 6) is -0.376. The van der Waals surface area contributed by atoms with E-state index in [1.807, 2.05) is 0 Å². The number of nitro groups is 1. The van der Waals surface area contributed by atoms with Crippen LogP contribution >= 0.6 is 0 Å². The molecule has 0 aliphatic heterocycles. The molecule has 1 aliphatic rings. The molecule has 0 unspecified atom stereocenters. The fraction of sp³-hybridized carbons (Fsp3) is 0.524. The van der Waals surface area contributed by atoms with E-state index < -0.39 is 22.2 Å². The number of rotatable bonds is 6. The summed E-state index contributed by atoms with van der Waals surface area (Å²) in [5.41, 5.74) is -0.863. The minimum Gasteiger partial charge on any atom is -0.444 e. The molecule has 0 heterocycles. The smallest absolute Gasteiger partial charge is 0.408 e. The molecular weight excluding hydrogens is 374 g/mol. The highest BCUT2D eigenvalue weighted by Crippen LogP contribution is 2.28. The minimum absolute atomic E-state index is 0.0631. The van der Waals surface area contributed by atoms with Crippen molar-refractivity contribution < 1.29 is 19.2 Å². The Bertz CT molecular complexity index is 777. The average molecular weight is 403 g/mol. The van der Waals surface area contributed by atoms with Crippen LogP contribution in [0.5, 0.6) is 0 Å². The van der Waals surface area contributed by atoms with Gasteiger partial charge in [-0.15, -0.1) is 0 Å². The number of nitro benzene ring substituents is 1. The molecule has 29 heavy (non-hydrogen) atoms. The van der Waals surface area contributed by atoms with Crippen LogP contribution in [0.4, 0.5) is 10.5 Å². The monoisotopic (exact) mass is 403 g/mol. The van der Waals surface area contributed by atoms with Crippen molar-refractivity contribution in [2.24, 2.45) is 0 Å². The number of alkyl carbamates (subject to hydrolysis) is 1. The molecule has 0 atom stereocenters. The number of nitrogens with one attached hydrogen (secondary N) is 2.